The van der Waals surface area contributed by atoms with Crippen LogP contribution in [-0.2, 0) is 25.7 Å². The molecule has 2 rings (SSSR count). The average molecular weight is 221 g/mol. The number of epoxide rings is 1. The van der Waals surface area contributed by atoms with Gasteiger partial charge >= 0.3 is 5.97 Å². The van der Waals surface area contributed by atoms with Crippen LogP contribution in [0.4, 0.5) is 0 Å². The minimum atomic E-state index is -1.39. The van der Waals surface area contributed by atoms with Gasteiger partial charge in [0.2, 0.25) is 0 Å². The van der Waals surface area contributed by atoms with Gasteiger partial charge in [-0.1, -0.05) is 30.3 Å². The van der Waals surface area contributed by atoms with Gasteiger partial charge < -0.3 is 19.4 Å². The van der Waals surface area contributed by atoms with Gasteiger partial charge in [-0.3, -0.25) is 0 Å². The number of hydrogen-bond donors (Lipinski definition) is 0. The molecule has 0 unspecified atom stereocenters. The summed E-state index contributed by atoms with van der Waals surface area (Å²) in [6.07, 6.45) is -2.16. The number of benzene rings is 1. The second kappa shape index (κ2) is 4.32. The van der Waals surface area contributed by atoms with Crippen molar-refractivity contribution in [2.24, 2.45) is 0 Å². The number of hydrogen-bond acceptors (Lipinski definition) is 5. The van der Waals surface area contributed by atoms with Crippen molar-refractivity contribution in [3.8, 4) is 0 Å². The lowest BCUT2D eigenvalue weighted by molar-refractivity contribution is -0.307. The van der Waals surface area contributed by atoms with E-state index in [4.69, 9.17) is 4.74 Å². The summed E-state index contributed by atoms with van der Waals surface area (Å²) in [5.74, 6) is -2.06. The zero-order chi connectivity index (χ0) is 11.5. The maximum Gasteiger partial charge on any atom is 0.338 e. The summed E-state index contributed by atoms with van der Waals surface area (Å²) in [5.41, 5.74) is 0.835. The van der Waals surface area contributed by atoms with Crippen LogP contribution in [0.5, 0.6) is 0 Å². The van der Waals surface area contributed by atoms with E-state index in [1.165, 1.54) is 0 Å². The normalized spacial score (nSPS) is 22.5. The molecule has 5 heteroatoms. The number of aliphatic carboxylic acids is 1. The number of rotatable bonds is 4. The van der Waals surface area contributed by atoms with E-state index < -0.39 is 24.1 Å². The van der Waals surface area contributed by atoms with Gasteiger partial charge in [0.1, 0.15) is 12.7 Å². The number of carboxylic acid groups (broad SMARTS) is 1. The molecule has 1 saturated heterocycles. The van der Waals surface area contributed by atoms with E-state index in [2.05, 4.69) is 4.74 Å². The first-order chi connectivity index (χ1) is 7.68. The van der Waals surface area contributed by atoms with Crippen molar-refractivity contribution in [3.05, 3.63) is 35.9 Å². The van der Waals surface area contributed by atoms with Gasteiger partial charge in [0.25, 0.3) is 0 Å². The highest BCUT2D eigenvalue weighted by molar-refractivity contribution is 5.88. The van der Waals surface area contributed by atoms with Crippen molar-refractivity contribution in [1.82, 2.24) is 0 Å². The van der Waals surface area contributed by atoms with Crippen LogP contribution in [0.15, 0.2) is 30.3 Å². The molecule has 5 nitrogen and oxygen atoms in total. The average Bonchev–Trinajstić information content (AvgIpc) is 3.07. The van der Waals surface area contributed by atoms with Crippen LogP contribution in [0, 0.1) is 0 Å². The van der Waals surface area contributed by atoms with Crippen molar-refractivity contribution in [1.29, 1.82) is 0 Å². The Morgan fingerprint density at radius 2 is 1.94 bits per heavy atom. The summed E-state index contributed by atoms with van der Waals surface area (Å²) < 4.78 is 9.47. The molecule has 0 saturated carbocycles. The molecule has 84 valence electrons. The van der Waals surface area contributed by atoms with E-state index in [-0.39, 0.29) is 6.61 Å². The van der Waals surface area contributed by atoms with Gasteiger partial charge in [-0.2, -0.15) is 0 Å². The molecule has 16 heavy (non-hydrogen) atoms. The van der Waals surface area contributed by atoms with E-state index in [0.29, 0.717) is 0 Å². The fraction of sp³-hybridized carbons (Fsp3) is 0.273. The molecule has 0 N–H and O–H groups in total. The Labute approximate surface area is 91.6 Å². The topological polar surface area (TPSA) is 79.0 Å². The lowest BCUT2D eigenvalue weighted by Gasteiger charge is -2.02. The third kappa shape index (κ3) is 2.38. The first kappa shape index (κ1) is 10.6. The molecule has 0 spiro atoms. The number of ether oxygens (including phenoxy) is 2. The summed E-state index contributed by atoms with van der Waals surface area (Å²) in [4.78, 5) is 21.6. The Balaban J connectivity index is 1.80. The SMILES string of the molecule is O=C([O-])[C@H]1O[C@@H]1C(=O)OCc1ccccc1. The van der Waals surface area contributed by atoms with Crippen LogP contribution in [0.1, 0.15) is 5.56 Å². The Hall–Kier alpha value is -1.88. The largest absolute Gasteiger partial charge is 0.547 e. The fourth-order valence-corrected chi connectivity index (χ4v) is 1.28. The molecule has 1 aliphatic heterocycles. The highest BCUT2D eigenvalue weighted by Gasteiger charge is 2.47. The standard InChI is InChI=1S/C11H10O5/c12-10(13)8-9(16-8)11(14)15-6-7-4-2-1-3-5-7/h1-5,8-9H,6H2,(H,12,13)/p-1/t8-,9-/m0/s1. The third-order valence-electron chi connectivity index (χ3n) is 2.18. The zero-order valence-electron chi connectivity index (χ0n) is 8.29. The van der Waals surface area contributed by atoms with Crippen molar-refractivity contribution in [2.75, 3.05) is 0 Å². The monoisotopic (exact) mass is 221 g/mol. The lowest BCUT2D eigenvalue weighted by Crippen LogP contribution is -2.31. The van der Waals surface area contributed by atoms with E-state index in [9.17, 15) is 14.7 Å². The van der Waals surface area contributed by atoms with Crippen LogP contribution in [0.2, 0.25) is 0 Å². The highest BCUT2D eigenvalue weighted by atomic mass is 16.7. The Bertz CT molecular complexity index is 400. The van der Waals surface area contributed by atoms with E-state index in [1.807, 2.05) is 18.2 Å². The van der Waals surface area contributed by atoms with Crippen LogP contribution in [-0.4, -0.2) is 24.1 Å². The van der Waals surface area contributed by atoms with Gasteiger partial charge in [-0.15, -0.1) is 0 Å². The molecule has 1 aromatic carbocycles. The predicted molar refractivity (Wildman–Crippen MR) is 49.9 cm³/mol. The highest BCUT2D eigenvalue weighted by Crippen LogP contribution is 2.22. The van der Waals surface area contributed by atoms with Gasteiger partial charge in [-0.05, 0) is 5.56 Å². The number of esters is 1. The lowest BCUT2D eigenvalue weighted by atomic mass is 10.2. The molecule has 1 fully saturated rings. The summed E-state index contributed by atoms with van der Waals surface area (Å²) in [7, 11) is 0. The molecule has 0 aliphatic carbocycles. The predicted octanol–water partition coefficient (Wildman–Crippen LogP) is -0.753. The summed E-state index contributed by atoms with van der Waals surface area (Å²) in [6, 6.07) is 9.09. The van der Waals surface area contributed by atoms with Crippen LogP contribution < -0.4 is 5.11 Å². The Morgan fingerprint density at radius 1 is 1.25 bits per heavy atom. The van der Waals surface area contributed by atoms with E-state index >= 15 is 0 Å². The second-order valence-electron chi connectivity index (χ2n) is 3.39. The first-order valence-electron chi connectivity index (χ1n) is 4.75. The molecule has 0 aromatic heterocycles. The maximum absolute atomic E-state index is 11.3. The van der Waals surface area contributed by atoms with Crippen LogP contribution >= 0.6 is 0 Å². The molecule has 0 bridgehead atoms. The molecule has 1 heterocycles. The van der Waals surface area contributed by atoms with Crippen molar-refractivity contribution >= 4 is 11.9 Å². The van der Waals surface area contributed by atoms with Gasteiger partial charge in [0.05, 0.1) is 5.97 Å². The second-order valence-corrected chi connectivity index (χ2v) is 3.39. The zero-order valence-corrected chi connectivity index (χ0v) is 8.29. The van der Waals surface area contributed by atoms with Crippen molar-refractivity contribution < 1.29 is 24.2 Å². The van der Waals surface area contributed by atoms with Crippen molar-refractivity contribution in [2.45, 2.75) is 18.8 Å². The van der Waals surface area contributed by atoms with Crippen LogP contribution in [0.3, 0.4) is 0 Å². The Kier molecular flexibility index (Phi) is 2.87. The molecule has 2 atom stereocenters. The quantitative estimate of drug-likeness (QED) is 0.493. The number of carbonyl (C=O) groups excluding carboxylic acids is 2. The van der Waals surface area contributed by atoms with Crippen LogP contribution in [0.25, 0.3) is 0 Å². The fourth-order valence-electron chi connectivity index (χ4n) is 1.28. The Morgan fingerprint density at radius 3 is 2.50 bits per heavy atom. The summed E-state index contributed by atoms with van der Waals surface area (Å²) in [5, 5.41) is 10.3. The molecule has 1 aromatic rings. The van der Waals surface area contributed by atoms with E-state index in [0.717, 1.165) is 5.56 Å². The molecule has 0 radical (unpaired) electrons. The summed E-state index contributed by atoms with van der Waals surface area (Å²) in [6.45, 7) is 0.110. The smallest absolute Gasteiger partial charge is 0.338 e. The molecule has 1 aliphatic rings. The third-order valence-corrected chi connectivity index (χ3v) is 2.18. The first-order valence-corrected chi connectivity index (χ1v) is 4.75. The van der Waals surface area contributed by atoms with Gasteiger partial charge in [-0.25, -0.2) is 4.79 Å². The minimum absolute atomic E-state index is 0.110. The number of carboxylic acids is 1. The molecular weight excluding hydrogens is 212 g/mol. The molecular formula is C11H9O5-. The van der Waals surface area contributed by atoms with Gasteiger partial charge in [0, 0.05) is 0 Å². The molecule has 0 amide bonds. The maximum atomic E-state index is 11.3. The van der Waals surface area contributed by atoms with E-state index in [1.54, 1.807) is 12.1 Å². The number of carbonyl (C=O) groups is 2. The van der Waals surface area contributed by atoms with Crippen molar-refractivity contribution in [3.63, 3.8) is 0 Å². The van der Waals surface area contributed by atoms with Gasteiger partial charge in [0.15, 0.2) is 6.10 Å². The summed E-state index contributed by atoms with van der Waals surface area (Å²) >= 11 is 0. The minimum Gasteiger partial charge on any atom is -0.547 e.